The van der Waals surface area contributed by atoms with Crippen LogP contribution in [0.2, 0.25) is 0 Å². The Morgan fingerprint density at radius 3 is 2.62 bits per heavy atom. The van der Waals surface area contributed by atoms with Crippen molar-refractivity contribution in [1.29, 1.82) is 0 Å². The van der Waals surface area contributed by atoms with Crippen LogP contribution in [0.3, 0.4) is 0 Å². The lowest BCUT2D eigenvalue weighted by Crippen LogP contribution is -2.43. The van der Waals surface area contributed by atoms with Gasteiger partial charge in [-0.05, 0) is 45.3 Å². The lowest BCUT2D eigenvalue weighted by atomic mass is 9.99. The number of rotatable bonds is 5. The van der Waals surface area contributed by atoms with E-state index in [1.54, 1.807) is 0 Å². The van der Waals surface area contributed by atoms with Crippen LogP contribution in [0.15, 0.2) is 0 Å². The van der Waals surface area contributed by atoms with Crippen molar-refractivity contribution in [3.05, 3.63) is 0 Å². The number of nitrogens with zero attached hydrogens (tertiary/aromatic N) is 2. The molecular weight excluding hydrogens is 202 g/mol. The second-order valence-corrected chi connectivity index (χ2v) is 4.94. The van der Waals surface area contributed by atoms with E-state index in [0.29, 0.717) is 13.1 Å². The molecule has 0 bridgehead atoms. The predicted molar refractivity (Wildman–Crippen MR) is 66.1 cm³/mol. The first-order valence-electron chi connectivity index (χ1n) is 6.30. The van der Waals surface area contributed by atoms with Gasteiger partial charge in [0.15, 0.2) is 0 Å². The third kappa shape index (κ3) is 4.49. The van der Waals surface area contributed by atoms with Crippen molar-refractivity contribution >= 4 is 5.91 Å². The first kappa shape index (κ1) is 13.5. The van der Waals surface area contributed by atoms with E-state index in [2.05, 4.69) is 11.8 Å². The average Bonchev–Trinajstić information content (AvgIpc) is 2.27. The van der Waals surface area contributed by atoms with Crippen molar-refractivity contribution in [2.75, 3.05) is 39.8 Å². The van der Waals surface area contributed by atoms with Crippen LogP contribution in [-0.4, -0.2) is 55.5 Å². The fourth-order valence-electron chi connectivity index (χ4n) is 2.03. The smallest absolute Gasteiger partial charge is 0.236 e. The van der Waals surface area contributed by atoms with Gasteiger partial charge in [0.05, 0.1) is 6.54 Å². The van der Waals surface area contributed by atoms with E-state index in [-0.39, 0.29) is 5.91 Å². The van der Waals surface area contributed by atoms with Crippen molar-refractivity contribution in [3.8, 4) is 0 Å². The largest absolute Gasteiger partial charge is 0.342 e. The van der Waals surface area contributed by atoms with Crippen molar-refractivity contribution < 1.29 is 4.79 Å². The van der Waals surface area contributed by atoms with Crippen LogP contribution >= 0.6 is 0 Å². The zero-order valence-electron chi connectivity index (χ0n) is 10.6. The Kier molecular flexibility index (Phi) is 5.77. The van der Waals surface area contributed by atoms with Crippen molar-refractivity contribution in [3.63, 3.8) is 0 Å². The maximum Gasteiger partial charge on any atom is 0.236 e. The number of likely N-dealkylation sites (tertiary alicyclic amines) is 1. The Hall–Kier alpha value is -0.610. The predicted octanol–water partition coefficient (Wildman–Crippen LogP) is 0.526. The molecule has 0 aromatic heterocycles. The van der Waals surface area contributed by atoms with Crippen LogP contribution < -0.4 is 5.73 Å². The third-order valence-corrected chi connectivity index (χ3v) is 3.29. The van der Waals surface area contributed by atoms with Gasteiger partial charge in [0.1, 0.15) is 0 Å². The fourth-order valence-corrected chi connectivity index (χ4v) is 2.03. The number of carbonyl (C=O) groups excluding carboxylic acids is 1. The maximum absolute atomic E-state index is 11.9. The van der Waals surface area contributed by atoms with Gasteiger partial charge in [0.25, 0.3) is 0 Å². The summed E-state index contributed by atoms with van der Waals surface area (Å²) in [5.74, 6) is 1.05. The number of carbonyl (C=O) groups is 1. The molecular formula is C12H25N3O. The molecule has 1 amide bonds. The van der Waals surface area contributed by atoms with Gasteiger partial charge < -0.3 is 10.6 Å². The zero-order chi connectivity index (χ0) is 12.0. The quantitative estimate of drug-likeness (QED) is 0.745. The van der Waals surface area contributed by atoms with Crippen LogP contribution in [0.4, 0.5) is 0 Å². The van der Waals surface area contributed by atoms with Gasteiger partial charge >= 0.3 is 0 Å². The molecule has 0 spiro atoms. The summed E-state index contributed by atoms with van der Waals surface area (Å²) >= 11 is 0. The fraction of sp³-hybridized carbons (Fsp3) is 0.917. The molecule has 0 radical (unpaired) electrons. The monoisotopic (exact) mass is 227 g/mol. The number of hydrogen-bond donors (Lipinski definition) is 1. The molecule has 1 rings (SSSR count). The molecule has 1 heterocycles. The minimum Gasteiger partial charge on any atom is -0.342 e. The van der Waals surface area contributed by atoms with Gasteiger partial charge in [-0.2, -0.15) is 0 Å². The number of hydrogen-bond acceptors (Lipinski definition) is 3. The molecule has 94 valence electrons. The summed E-state index contributed by atoms with van der Waals surface area (Å²) in [5.41, 5.74) is 5.44. The minimum atomic E-state index is 0.270. The van der Waals surface area contributed by atoms with Gasteiger partial charge in [-0.25, -0.2) is 0 Å². The van der Waals surface area contributed by atoms with E-state index >= 15 is 0 Å². The van der Waals surface area contributed by atoms with Crippen molar-refractivity contribution in [1.82, 2.24) is 9.80 Å². The average molecular weight is 227 g/mol. The Balaban J connectivity index is 2.23. The number of nitrogens with two attached hydrogens (primary N) is 1. The summed E-state index contributed by atoms with van der Waals surface area (Å²) in [4.78, 5) is 16.0. The van der Waals surface area contributed by atoms with E-state index in [4.69, 9.17) is 5.73 Å². The summed E-state index contributed by atoms with van der Waals surface area (Å²) in [7, 11) is 1.99. The van der Waals surface area contributed by atoms with E-state index in [1.807, 2.05) is 11.9 Å². The van der Waals surface area contributed by atoms with Crippen molar-refractivity contribution in [2.24, 2.45) is 11.7 Å². The highest BCUT2D eigenvalue weighted by molar-refractivity contribution is 5.78. The Bertz CT molecular complexity index is 212. The molecule has 1 fully saturated rings. The van der Waals surface area contributed by atoms with E-state index in [0.717, 1.165) is 44.8 Å². The lowest BCUT2D eigenvalue weighted by molar-refractivity contribution is -0.133. The van der Waals surface area contributed by atoms with Gasteiger partial charge in [-0.1, -0.05) is 6.92 Å². The molecule has 16 heavy (non-hydrogen) atoms. The molecule has 1 aliphatic rings. The van der Waals surface area contributed by atoms with Gasteiger partial charge in [-0.15, -0.1) is 0 Å². The Labute approximate surface area is 98.8 Å². The summed E-state index contributed by atoms with van der Waals surface area (Å²) in [6.07, 6.45) is 3.26. The molecule has 0 aromatic rings. The van der Waals surface area contributed by atoms with E-state index in [9.17, 15) is 4.79 Å². The van der Waals surface area contributed by atoms with E-state index < -0.39 is 0 Å². The SMILES string of the molecule is CC1CCN(C(=O)CN(C)CCCN)CC1. The van der Waals surface area contributed by atoms with E-state index in [1.165, 1.54) is 0 Å². The standard InChI is InChI=1S/C12H25N3O/c1-11-4-8-15(9-5-11)12(16)10-14(2)7-3-6-13/h11H,3-10,13H2,1-2H3. The van der Waals surface area contributed by atoms with Crippen LogP contribution in [0.25, 0.3) is 0 Å². The first-order chi connectivity index (χ1) is 7.63. The van der Waals surface area contributed by atoms with Crippen molar-refractivity contribution in [2.45, 2.75) is 26.2 Å². The van der Waals surface area contributed by atoms with Crippen LogP contribution in [-0.2, 0) is 4.79 Å². The molecule has 4 nitrogen and oxygen atoms in total. The summed E-state index contributed by atoms with van der Waals surface area (Å²) in [5, 5.41) is 0. The van der Waals surface area contributed by atoms with Crippen LogP contribution in [0.1, 0.15) is 26.2 Å². The van der Waals surface area contributed by atoms with Crippen LogP contribution in [0, 0.1) is 5.92 Å². The Morgan fingerprint density at radius 2 is 2.06 bits per heavy atom. The molecule has 0 aromatic carbocycles. The third-order valence-electron chi connectivity index (χ3n) is 3.29. The second-order valence-electron chi connectivity index (χ2n) is 4.94. The number of likely N-dealkylation sites (N-methyl/N-ethyl adjacent to an activating group) is 1. The van der Waals surface area contributed by atoms with Crippen LogP contribution in [0.5, 0.6) is 0 Å². The molecule has 0 unspecified atom stereocenters. The Morgan fingerprint density at radius 1 is 1.44 bits per heavy atom. The first-order valence-corrected chi connectivity index (χ1v) is 6.30. The minimum absolute atomic E-state index is 0.270. The molecule has 0 atom stereocenters. The molecule has 1 saturated heterocycles. The second kappa shape index (κ2) is 6.86. The normalized spacial score (nSPS) is 18.1. The maximum atomic E-state index is 11.9. The highest BCUT2D eigenvalue weighted by atomic mass is 16.2. The van der Waals surface area contributed by atoms with Gasteiger partial charge in [0, 0.05) is 13.1 Å². The summed E-state index contributed by atoms with van der Waals surface area (Å²) < 4.78 is 0. The molecule has 2 N–H and O–H groups in total. The lowest BCUT2D eigenvalue weighted by Gasteiger charge is -2.31. The molecule has 1 aliphatic heterocycles. The summed E-state index contributed by atoms with van der Waals surface area (Å²) in [6, 6.07) is 0. The zero-order valence-corrected chi connectivity index (χ0v) is 10.6. The molecule has 0 aliphatic carbocycles. The number of amides is 1. The highest BCUT2D eigenvalue weighted by Crippen LogP contribution is 2.15. The number of piperidine rings is 1. The molecule has 4 heteroatoms. The molecule has 0 saturated carbocycles. The summed E-state index contributed by atoms with van der Waals surface area (Å²) in [6.45, 7) is 6.27. The van der Waals surface area contributed by atoms with Gasteiger partial charge in [0.2, 0.25) is 5.91 Å². The van der Waals surface area contributed by atoms with Gasteiger partial charge in [-0.3, -0.25) is 9.69 Å². The highest BCUT2D eigenvalue weighted by Gasteiger charge is 2.20. The topological polar surface area (TPSA) is 49.6 Å².